The van der Waals surface area contributed by atoms with Crippen LogP contribution >= 0.6 is 0 Å². The Bertz CT molecular complexity index is 660. The fourth-order valence-electron chi connectivity index (χ4n) is 2.97. The standard InChI is InChI=1S/C20H31F3N4O2/c1-4-24-19(25-7-8-27-9-11-28-12-10-27)26-14-16-5-6-17(29-15(2)3)13-18(16)20(21,22)23/h5-6,13,15H,4,7-12,14H2,1-3H3,(H2,24,25,26). The smallest absolute Gasteiger partial charge is 0.416 e. The third-order valence-electron chi connectivity index (χ3n) is 4.33. The number of benzene rings is 1. The van der Waals surface area contributed by atoms with E-state index in [0.29, 0.717) is 19.0 Å². The van der Waals surface area contributed by atoms with Gasteiger partial charge in [0.2, 0.25) is 0 Å². The Balaban J connectivity index is 2.04. The maximum atomic E-state index is 13.5. The summed E-state index contributed by atoms with van der Waals surface area (Å²) in [5.74, 6) is 0.701. The fraction of sp³-hybridized carbons (Fsp3) is 0.650. The van der Waals surface area contributed by atoms with E-state index < -0.39 is 11.7 Å². The van der Waals surface area contributed by atoms with Crippen LogP contribution in [0.25, 0.3) is 0 Å². The summed E-state index contributed by atoms with van der Waals surface area (Å²) in [4.78, 5) is 6.61. The van der Waals surface area contributed by atoms with Crippen molar-refractivity contribution in [2.75, 3.05) is 45.9 Å². The van der Waals surface area contributed by atoms with Gasteiger partial charge in [0.1, 0.15) is 5.75 Å². The summed E-state index contributed by atoms with van der Waals surface area (Å²) in [7, 11) is 0. The lowest BCUT2D eigenvalue weighted by molar-refractivity contribution is -0.138. The number of rotatable bonds is 8. The zero-order valence-corrected chi connectivity index (χ0v) is 17.3. The Kier molecular flexibility index (Phi) is 9.03. The Labute approximate surface area is 170 Å². The van der Waals surface area contributed by atoms with Crippen LogP contribution < -0.4 is 15.4 Å². The maximum absolute atomic E-state index is 13.5. The van der Waals surface area contributed by atoms with E-state index in [1.54, 1.807) is 19.9 Å². The van der Waals surface area contributed by atoms with Crippen LogP contribution in [0.4, 0.5) is 13.2 Å². The zero-order valence-electron chi connectivity index (χ0n) is 17.3. The second kappa shape index (κ2) is 11.3. The minimum Gasteiger partial charge on any atom is -0.491 e. The van der Waals surface area contributed by atoms with E-state index in [2.05, 4.69) is 20.5 Å². The Morgan fingerprint density at radius 2 is 1.97 bits per heavy atom. The van der Waals surface area contributed by atoms with Crippen molar-refractivity contribution in [1.82, 2.24) is 15.5 Å². The van der Waals surface area contributed by atoms with Crippen molar-refractivity contribution in [3.8, 4) is 5.75 Å². The highest BCUT2D eigenvalue weighted by Crippen LogP contribution is 2.35. The first-order valence-corrected chi connectivity index (χ1v) is 9.98. The normalized spacial score (nSPS) is 16.2. The molecule has 29 heavy (non-hydrogen) atoms. The minimum absolute atomic E-state index is 0.0797. The molecule has 164 valence electrons. The molecule has 0 bridgehead atoms. The molecule has 1 aromatic carbocycles. The van der Waals surface area contributed by atoms with Gasteiger partial charge in [-0.25, -0.2) is 4.99 Å². The number of alkyl halides is 3. The van der Waals surface area contributed by atoms with Crippen LogP contribution in [0, 0.1) is 0 Å². The maximum Gasteiger partial charge on any atom is 0.416 e. The number of hydrogen-bond donors (Lipinski definition) is 2. The van der Waals surface area contributed by atoms with Crippen molar-refractivity contribution >= 4 is 5.96 Å². The van der Waals surface area contributed by atoms with Crippen LogP contribution in [0.2, 0.25) is 0 Å². The molecule has 0 aliphatic carbocycles. The third-order valence-corrected chi connectivity index (χ3v) is 4.33. The number of nitrogens with zero attached hydrogens (tertiary/aromatic N) is 2. The van der Waals surface area contributed by atoms with Crippen LogP contribution in [0.5, 0.6) is 5.75 Å². The van der Waals surface area contributed by atoms with E-state index in [-0.39, 0.29) is 24.0 Å². The summed E-state index contributed by atoms with van der Waals surface area (Å²) in [5, 5.41) is 6.26. The number of aliphatic imine (C=N–C) groups is 1. The molecule has 0 spiro atoms. The van der Waals surface area contributed by atoms with Crippen molar-refractivity contribution in [1.29, 1.82) is 0 Å². The number of halogens is 3. The van der Waals surface area contributed by atoms with Crippen molar-refractivity contribution in [3.63, 3.8) is 0 Å². The van der Waals surface area contributed by atoms with Crippen molar-refractivity contribution < 1.29 is 22.6 Å². The van der Waals surface area contributed by atoms with E-state index in [1.807, 2.05) is 6.92 Å². The van der Waals surface area contributed by atoms with Crippen LogP contribution in [0.1, 0.15) is 31.9 Å². The van der Waals surface area contributed by atoms with Gasteiger partial charge < -0.3 is 20.1 Å². The van der Waals surface area contributed by atoms with Gasteiger partial charge in [-0.3, -0.25) is 4.90 Å². The van der Waals surface area contributed by atoms with Crippen molar-refractivity contribution in [2.24, 2.45) is 4.99 Å². The molecule has 1 fully saturated rings. The Hall–Kier alpha value is -2.00. The lowest BCUT2D eigenvalue weighted by Gasteiger charge is -2.26. The topological polar surface area (TPSA) is 58.1 Å². The number of ether oxygens (including phenoxy) is 2. The summed E-state index contributed by atoms with van der Waals surface area (Å²) >= 11 is 0. The van der Waals surface area contributed by atoms with E-state index in [0.717, 1.165) is 38.9 Å². The molecule has 2 rings (SSSR count). The Morgan fingerprint density at radius 3 is 2.59 bits per heavy atom. The molecule has 2 N–H and O–H groups in total. The molecule has 0 atom stereocenters. The number of hydrogen-bond acceptors (Lipinski definition) is 4. The number of morpholine rings is 1. The van der Waals surface area contributed by atoms with Crippen LogP contribution in [-0.4, -0.2) is 62.9 Å². The molecule has 1 aromatic rings. The van der Waals surface area contributed by atoms with E-state index >= 15 is 0 Å². The molecule has 0 aromatic heterocycles. The van der Waals surface area contributed by atoms with Gasteiger partial charge in [-0.05, 0) is 38.5 Å². The third kappa shape index (κ3) is 8.10. The second-order valence-electron chi connectivity index (χ2n) is 7.06. The van der Waals surface area contributed by atoms with E-state index in [1.165, 1.54) is 6.07 Å². The molecular weight excluding hydrogens is 385 g/mol. The molecule has 0 radical (unpaired) electrons. The molecule has 6 nitrogen and oxygen atoms in total. The van der Waals surface area contributed by atoms with Gasteiger partial charge in [0, 0.05) is 32.7 Å². The fourth-order valence-corrected chi connectivity index (χ4v) is 2.97. The van der Waals surface area contributed by atoms with Gasteiger partial charge in [0.15, 0.2) is 5.96 Å². The summed E-state index contributed by atoms with van der Waals surface area (Å²) in [6, 6.07) is 4.03. The molecular formula is C20H31F3N4O2. The first kappa shape index (κ1) is 23.3. The lowest BCUT2D eigenvalue weighted by atomic mass is 10.1. The summed E-state index contributed by atoms with van der Waals surface area (Å²) in [6.45, 7) is 10.7. The highest BCUT2D eigenvalue weighted by molar-refractivity contribution is 5.79. The molecule has 0 unspecified atom stereocenters. The van der Waals surface area contributed by atoms with Crippen molar-refractivity contribution in [2.45, 2.75) is 39.6 Å². The minimum atomic E-state index is -4.47. The first-order chi connectivity index (χ1) is 13.8. The average molecular weight is 416 g/mol. The molecule has 9 heteroatoms. The molecule has 1 saturated heterocycles. The molecule has 0 amide bonds. The largest absolute Gasteiger partial charge is 0.491 e. The Morgan fingerprint density at radius 1 is 1.24 bits per heavy atom. The second-order valence-corrected chi connectivity index (χ2v) is 7.06. The van der Waals surface area contributed by atoms with Gasteiger partial charge >= 0.3 is 6.18 Å². The van der Waals surface area contributed by atoms with Gasteiger partial charge in [0.05, 0.1) is 31.4 Å². The lowest BCUT2D eigenvalue weighted by Crippen LogP contribution is -2.44. The first-order valence-electron chi connectivity index (χ1n) is 9.98. The van der Waals surface area contributed by atoms with Gasteiger partial charge in [-0.2, -0.15) is 13.2 Å². The zero-order chi connectivity index (χ0) is 21.3. The van der Waals surface area contributed by atoms with E-state index in [9.17, 15) is 13.2 Å². The van der Waals surface area contributed by atoms with Gasteiger partial charge in [0.25, 0.3) is 0 Å². The predicted octanol–water partition coefficient (Wildman–Crippen LogP) is 2.88. The van der Waals surface area contributed by atoms with Crippen LogP contribution in [0.15, 0.2) is 23.2 Å². The SMILES string of the molecule is CCNC(=NCc1ccc(OC(C)C)cc1C(F)(F)F)NCCN1CCOCC1. The quantitative estimate of drug-likeness (QED) is 0.504. The highest BCUT2D eigenvalue weighted by atomic mass is 19.4. The van der Waals surface area contributed by atoms with Crippen LogP contribution in [-0.2, 0) is 17.5 Å². The predicted molar refractivity (Wildman–Crippen MR) is 107 cm³/mol. The monoisotopic (exact) mass is 416 g/mol. The number of guanidine groups is 1. The van der Waals surface area contributed by atoms with Gasteiger partial charge in [-0.1, -0.05) is 6.07 Å². The summed E-state index contributed by atoms with van der Waals surface area (Å²) in [5.41, 5.74) is -0.609. The van der Waals surface area contributed by atoms with Crippen LogP contribution in [0.3, 0.4) is 0 Å². The number of nitrogens with one attached hydrogen (secondary N) is 2. The van der Waals surface area contributed by atoms with Crippen molar-refractivity contribution in [3.05, 3.63) is 29.3 Å². The molecule has 1 heterocycles. The van der Waals surface area contributed by atoms with Gasteiger partial charge in [-0.15, -0.1) is 0 Å². The summed E-state index contributed by atoms with van der Waals surface area (Å²) in [6.07, 6.45) is -4.67. The molecule has 1 aliphatic rings. The molecule has 0 saturated carbocycles. The highest BCUT2D eigenvalue weighted by Gasteiger charge is 2.33. The van der Waals surface area contributed by atoms with E-state index in [4.69, 9.17) is 9.47 Å². The molecule has 1 aliphatic heterocycles. The summed E-state index contributed by atoms with van der Waals surface area (Å²) < 4.78 is 51.2. The average Bonchev–Trinajstić information content (AvgIpc) is 2.66.